The molecule has 0 bridgehead atoms. The van der Waals surface area contributed by atoms with Crippen molar-refractivity contribution in [1.29, 1.82) is 0 Å². The molecule has 0 spiro atoms. The Morgan fingerprint density at radius 3 is 2.76 bits per heavy atom. The number of benzene rings is 1. The van der Waals surface area contributed by atoms with Crippen LogP contribution >= 0.6 is 11.8 Å². The van der Waals surface area contributed by atoms with E-state index in [1.165, 1.54) is 6.07 Å². The molecule has 1 atom stereocenters. The van der Waals surface area contributed by atoms with Crippen LogP contribution in [0, 0.1) is 0 Å². The standard InChI is InChI=1S/C13H16F3N3OS/c1-8-7-21-5-4-19(8)12(20)10-6-9(13(14,15)16)2-3-11(10)18-17/h2-3,6,8,18H,4-5,7,17H2,1H3. The summed E-state index contributed by atoms with van der Waals surface area (Å²) in [5, 5.41) is 0. The third-order valence-corrected chi connectivity index (χ3v) is 4.55. The van der Waals surface area contributed by atoms with E-state index in [0.29, 0.717) is 6.54 Å². The number of thioether (sulfide) groups is 1. The van der Waals surface area contributed by atoms with Gasteiger partial charge in [0, 0.05) is 24.1 Å². The molecule has 3 N–H and O–H groups in total. The van der Waals surface area contributed by atoms with Crippen molar-refractivity contribution < 1.29 is 18.0 Å². The fourth-order valence-electron chi connectivity index (χ4n) is 2.21. The van der Waals surface area contributed by atoms with Gasteiger partial charge in [0.2, 0.25) is 0 Å². The van der Waals surface area contributed by atoms with Crippen LogP contribution in [0.2, 0.25) is 0 Å². The van der Waals surface area contributed by atoms with E-state index in [4.69, 9.17) is 5.84 Å². The van der Waals surface area contributed by atoms with Crippen molar-refractivity contribution in [3.8, 4) is 0 Å². The molecule has 2 rings (SSSR count). The minimum atomic E-state index is -4.49. The molecule has 0 saturated carbocycles. The van der Waals surface area contributed by atoms with Crippen molar-refractivity contribution in [1.82, 2.24) is 4.90 Å². The third kappa shape index (κ3) is 3.44. The molecule has 1 aromatic carbocycles. The van der Waals surface area contributed by atoms with Gasteiger partial charge >= 0.3 is 6.18 Å². The van der Waals surface area contributed by atoms with E-state index in [2.05, 4.69) is 5.43 Å². The molecule has 21 heavy (non-hydrogen) atoms. The van der Waals surface area contributed by atoms with Gasteiger partial charge in [-0.3, -0.25) is 10.6 Å². The number of carbonyl (C=O) groups excluding carboxylic acids is 1. The summed E-state index contributed by atoms with van der Waals surface area (Å²) in [6.45, 7) is 2.40. The average Bonchev–Trinajstić information content (AvgIpc) is 2.45. The highest BCUT2D eigenvalue weighted by molar-refractivity contribution is 7.99. The largest absolute Gasteiger partial charge is 0.416 e. The number of nitrogens with one attached hydrogen (secondary N) is 1. The van der Waals surface area contributed by atoms with Gasteiger partial charge in [0.05, 0.1) is 16.8 Å². The highest BCUT2D eigenvalue weighted by Gasteiger charge is 2.33. The SMILES string of the molecule is CC1CSCCN1C(=O)c1cc(C(F)(F)F)ccc1NN. The van der Waals surface area contributed by atoms with Crippen LogP contribution in [0.5, 0.6) is 0 Å². The van der Waals surface area contributed by atoms with Crippen LogP contribution in [-0.2, 0) is 6.18 Å². The lowest BCUT2D eigenvalue weighted by molar-refractivity contribution is -0.137. The Morgan fingerprint density at radius 2 is 2.19 bits per heavy atom. The summed E-state index contributed by atoms with van der Waals surface area (Å²) in [4.78, 5) is 14.1. The number of alkyl halides is 3. The Labute approximate surface area is 124 Å². The van der Waals surface area contributed by atoms with Gasteiger partial charge in [-0.15, -0.1) is 0 Å². The number of nitrogens with two attached hydrogens (primary N) is 1. The number of carbonyl (C=O) groups is 1. The molecular weight excluding hydrogens is 303 g/mol. The van der Waals surface area contributed by atoms with Crippen molar-refractivity contribution in [2.75, 3.05) is 23.5 Å². The number of hydrogen-bond donors (Lipinski definition) is 2. The highest BCUT2D eigenvalue weighted by Crippen LogP contribution is 2.32. The number of nitrogens with zero attached hydrogens (tertiary/aromatic N) is 1. The molecule has 4 nitrogen and oxygen atoms in total. The van der Waals surface area contributed by atoms with E-state index in [0.717, 1.165) is 23.6 Å². The molecular formula is C13H16F3N3OS. The van der Waals surface area contributed by atoms with Crippen LogP contribution in [0.15, 0.2) is 18.2 Å². The van der Waals surface area contributed by atoms with Gasteiger partial charge in [-0.25, -0.2) is 0 Å². The highest BCUT2D eigenvalue weighted by atomic mass is 32.2. The van der Waals surface area contributed by atoms with Crippen LogP contribution in [0.1, 0.15) is 22.8 Å². The normalized spacial score (nSPS) is 19.5. The first kappa shape index (κ1) is 16.0. The zero-order valence-electron chi connectivity index (χ0n) is 11.4. The lowest BCUT2D eigenvalue weighted by atomic mass is 10.1. The fraction of sp³-hybridized carbons (Fsp3) is 0.462. The van der Waals surface area contributed by atoms with Gasteiger partial charge in [-0.1, -0.05) is 0 Å². The number of nitrogen functional groups attached to an aromatic ring is 1. The van der Waals surface area contributed by atoms with Gasteiger partial charge in [0.15, 0.2) is 0 Å². The molecule has 1 amide bonds. The fourth-order valence-corrected chi connectivity index (χ4v) is 3.22. The van der Waals surface area contributed by atoms with Crippen molar-refractivity contribution in [3.05, 3.63) is 29.3 Å². The van der Waals surface area contributed by atoms with Crippen molar-refractivity contribution in [2.45, 2.75) is 19.1 Å². The summed E-state index contributed by atoms with van der Waals surface area (Å²) in [5.41, 5.74) is 1.57. The average molecular weight is 319 g/mol. The zero-order valence-corrected chi connectivity index (χ0v) is 12.2. The topological polar surface area (TPSA) is 58.4 Å². The first-order valence-electron chi connectivity index (χ1n) is 6.41. The Morgan fingerprint density at radius 1 is 1.48 bits per heavy atom. The number of anilines is 1. The van der Waals surface area contributed by atoms with E-state index in [9.17, 15) is 18.0 Å². The smallest absolute Gasteiger partial charge is 0.334 e. The molecule has 1 saturated heterocycles. The first-order chi connectivity index (χ1) is 9.84. The number of halogens is 3. The summed E-state index contributed by atoms with van der Waals surface area (Å²) in [6.07, 6.45) is -4.49. The first-order valence-corrected chi connectivity index (χ1v) is 7.56. The van der Waals surface area contributed by atoms with Crippen LogP contribution in [0.4, 0.5) is 18.9 Å². The number of hydrazine groups is 1. The van der Waals surface area contributed by atoms with Crippen LogP contribution in [0.3, 0.4) is 0 Å². The lowest BCUT2D eigenvalue weighted by Crippen LogP contribution is -2.44. The molecule has 1 aliphatic heterocycles. The molecule has 1 heterocycles. The second-order valence-electron chi connectivity index (χ2n) is 4.82. The van der Waals surface area contributed by atoms with Gasteiger partial charge in [0.1, 0.15) is 0 Å². The van der Waals surface area contributed by atoms with Crippen LogP contribution in [-0.4, -0.2) is 34.9 Å². The number of amides is 1. The van der Waals surface area contributed by atoms with Crippen molar-refractivity contribution in [3.63, 3.8) is 0 Å². The van der Waals surface area contributed by atoms with Gasteiger partial charge in [0.25, 0.3) is 5.91 Å². The van der Waals surface area contributed by atoms with Crippen LogP contribution in [0.25, 0.3) is 0 Å². The van der Waals surface area contributed by atoms with Crippen LogP contribution < -0.4 is 11.3 Å². The second kappa shape index (κ2) is 6.15. The summed E-state index contributed by atoms with van der Waals surface area (Å²) < 4.78 is 38.4. The Balaban J connectivity index is 2.38. The lowest BCUT2D eigenvalue weighted by Gasteiger charge is -2.33. The second-order valence-corrected chi connectivity index (χ2v) is 5.97. The maximum absolute atomic E-state index is 12.8. The van der Waals surface area contributed by atoms with Gasteiger partial charge < -0.3 is 10.3 Å². The summed E-state index contributed by atoms with van der Waals surface area (Å²) >= 11 is 1.72. The van der Waals surface area contributed by atoms with Gasteiger partial charge in [-0.05, 0) is 25.1 Å². The molecule has 1 aromatic rings. The summed E-state index contributed by atoms with van der Waals surface area (Å²) in [7, 11) is 0. The van der Waals surface area contributed by atoms with Gasteiger partial charge in [-0.2, -0.15) is 24.9 Å². The predicted molar refractivity (Wildman–Crippen MR) is 77.1 cm³/mol. The quantitative estimate of drug-likeness (QED) is 0.650. The molecule has 1 aliphatic rings. The molecule has 1 fully saturated rings. The van der Waals surface area contributed by atoms with E-state index in [-0.39, 0.29) is 17.3 Å². The monoisotopic (exact) mass is 319 g/mol. The molecule has 8 heteroatoms. The minimum absolute atomic E-state index is 0.0172. The Kier molecular flexibility index (Phi) is 4.67. The van der Waals surface area contributed by atoms with E-state index < -0.39 is 17.6 Å². The summed E-state index contributed by atoms with van der Waals surface area (Å²) in [5.74, 6) is 6.43. The molecule has 116 valence electrons. The molecule has 1 unspecified atom stereocenters. The predicted octanol–water partition coefficient (Wildman–Crippen LogP) is 2.57. The van der Waals surface area contributed by atoms with E-state index >= 15 is 0 Å². The molecule has 0 aromatic heterocycles. The zero-order chi connectivity index (χ0) is 15.6. The Hall–Kier alpha value is -1.41. The van der Waals surface area contributed by atoms with E-state index in [1.807, 2.05) is 6.92 Å². The maximum Gasteiger partial charge on any atom is 0.416 e. The minimum Gasteiger partial charge on any atom is -0.334 e. The number of rotatable bonds is 2. The van der Waals surface area contributed by atoms with Crippen molar-refractivity contribution >= 4 is 23.4 Å². The Bertz CT molecular complexity index is 536. The van der Waals surface area contributed by atoms with E-state index in [1.54, 1.807) is 16.7 Å². The van der Waals surface area contributed by atoms with Crippen molar-refractivity contribution in [2.24, 2.45) is 5.84 Å². The molecule has 0 radical (unpaired) electrons. The number of hydrogen-bond acceptors (Lipinski definition) is 4. The maximum atomic E-state index is 12.8. The third-order valence-electron chi connectivity index (χ3n) is 3.36. The molecule has 0 aliphatic carbocycles. The summed E-state index contributed by atoms with van der Waals surface area (Å²) in [6, 6.07) is 2.92.